The Kier molecular flexibility index (Phi) is 10.3. The molecule has 4 N–H and O–H groups in total. The van der Waals surface area contributed by atoms with Crippen molar-refractivity contribution < 1.29 is 19.1 Å². The number of hydrogen-bond acceptors (Lipinski definition) is 5. The van der Waals surface area contributed by atoms with E-state index in [-0.39, 0.29) is 17.7 Å². The molecule has 2 aromatic rings. The second kappa shape index (κ2) is 13.5. The summed E-state index contributed by atoms with van der Waals surface area (Å²) in [5, 5.41) is 10.9. The lowest BCUT2D eigenvalue weighted by atomic mass is 9.89. The SMILES string of the molecule is CC(C)(C)OC(N)=O.Cn1nc(-c2ccc(NC(=O)C3=CCCC=C3Cl)cc2)cc1NC(=O)C1CCCCC1. The molecule has 10 heteroatoms. The maximum atomic E-state index is 12.6. The third kappa shape index (κ3) is 9.28. The van der Waals surface area contributed by atoms with Gasteiger partial charge < -0.3 is 21.1 Å². The van der Waals surface area contributed by atoms with Gasteiger partial charge in [-0.2, -0.15) is 5.10 Å². The normalized spacial score (nSPS) is 15.7. The number of aromatic nitrogens is 2. The van der Waals surface area contributed by atoms with Gasteiger partial charge in [-0.05, 0) is 58.6 Å². The van der Waals surface area contributed by atoms with Crippen LogP contribution in [-0.4, -0.2) is 33.3 Å². The van der Waals surface area contributed by atoms with Crippen LogP contribution in [-0.2, 0) is 21.4 Å². The van der Waals surface area contributed by atoms with Crippen LogP contribution in [0.5, 0.6) is 0 Å². The lowest BCUT2D eigenvalue weighted by Crippen LogP contribution is -2.27. The predicted molar refractivity (Wildman–Crippen MR) is 154 cm³/mol. The number of hydrogen-bond donors (Lipinski definition) is 3. The second-order valence-electron chi connectivity index (χ2n) is 10.7. The van der Waals surface area contributed by atoms with Crippen LogP contribution in [0.4, 0.5) is 16.3 Å². The molecule has 1 aromatic carbocycles. The molecule has 0 aliphatic heterocycles. The van der Waals surface area contributed by atoms with Crippen LogP contribution in [0.3, 0.4) is 0 Å². The molecule has 2 aliphatic carbocycles. The van der Waals surface area contributed by atoms with Crippen molar-refractivity contribution in [3.05, 3.63) is 53.1 Å². The molecule has 0 unspecified atom stereocenters. The van der Waals surface area contributed by atoms with E-state index in [1.165, 1.54) is 6.42 Å². The molecule has 1 aromatic heterocycles. The van der Waals surface area contributed by atoms with Gasteiger partial charge in [0, 0.05) is 35.3 Å². The van der Waals surface area contributed by atoms with Crippen molar-refractivity contribution in [2.24, 2.45) is 18.7 Å². The zero-order chi connectivity index (χ0) is 28.6. The fourth-order valence-electron chi connectivity index (χ4n) is 4.39. The van der Waals surface area contributed by atoms with Crippen molar-refractivity contribution in [2.45, 2.75) is 71.3 Å². The first-order chi connectivity index (χ1) is 18.4. The van der Waals surface area contributed by atoms with Crippen LogP contribution >= 0.6 is 11.6 Å². The third-order valence-corrected chi connectivity index (χ3v) is 6.65. The van der Waals surface area contributed by atoms with Gasteiger partial charge in [-0.15, -0.1) is 0 Å². The molecule has 1 heterocycles. The molecule has 0 saturated heterocycles. The first-order valence-corrected chi connectivity index (χ1v) is 13.6. The zero-order valence-electron chi connectivity index (χ0n) is 23.1. The van der Waals surface area contributed by atoms with Crippen molar-refractivity contribution in [3.8, 4) is 11.3 Å². The van der Waals surface area contributed by atoms with Gasteiger partial charge in [0.05, 0.1) is 11.3 Å². The molecule has 1 saturated carbocycles. The predicted octanol–water partition coefficient (Wildman–Crippen LogP) is 6.27. The average Bonchev–Trinajstić information content (AvgIpc) is 3.24. The summed E-state index contributed by atoms with van der Waals surface area (Å²) >= 11 is 6.14. The fraction of sp³-hybridized carbons (Fsp3) is 0.448. The van der Waals surface area contributed by atoms with E-state index in [4.69, 9.17) is 17.3 Å². The van der Waals surface area contributed by atoms with E-state index in [9.17, 15) is 14.4 Å². The maximum absolute atomic E-state index is 12.6. The number of primary amides is 1. The molecular weight excluding hydrogens is 518 g/mol. The summed E-state index contributed by atoms with van der Waals surface area (Å²) in [5.74, 6) is 0.655. The van der Waals surface area contributed by atoms with Gasteiger partial charge in [0.2, 0.25) is 5.91 Å². The number of nitrogens with two attached hydrogens (primary N) is 1. The summed E-state index contributed by atoms with van der Waals surface area (Å²) in [6.07, 6.45) is 10.1. The van der Waals surface area contributed by atoms with Gasteiger partial charge in [0.15, 0.2) is 0 Å². The highest BCUT2D eigenvalue weighted by molar-refractivity contribution is 6.36. The molecule has 39 heavy (non-hydrogen) atoms. The van der Waals surface area contributed by atoms with Crippen LogP contribution in [0.15, 0.2) is 53.1 Å². The van der Waals surface area contributed by atoms with E-state index >= 15 is 0 Å². The van der Waals surface area contributed by atoms with Crippen molar-refractivity contribution >= 4 is 41.0 Å². The Balaban J connectivity index is 0.000000459. The Morgan fingerprint density at radius 2 is 1.67 bits per heavy atom. The molecule has 210 valence electrons. The topological polar surface area (TPSA) is 128 Å². The van der Waals surface area contributed by atoms with Crippen molar-refractivity contribution in [3.63, 3.8) is 0 Å². The van der Waals surface area contributed by atoms with Crippen LogP contribution in [0, 0.1) is 5.92 Å². The zero-order valence-corrected chi connectivity index (χ0v) is 23.8. The Morgan fingerprint density at radius 3 is 2.23 bits per heavy atom. The smallest absolute Gasteiger partial charge is 0.405 e. The highest BCUT2D eigenvalue weighted by Gasteiger charge is 2.22. The standard InChI is InChI=1S/C24H27ClN4O2.C5H11NO2/c1-29-22(27-23(30)17-7-3-2-4-8-17)15-21(28-29)16-11-13-18(14-12-16)26-24(31)19-9-5-6-10-20(19)25;1-5(2,3)8-4(6)7/h9-15,17H,2-8H2,1H3,(H,26,31)(H,27,30);1-3H3,(H2,6,7). The summed E-state index contributed by atoms with van der Waals surface area (Å²) in [6.45, 7) is 5.28. The Hall–Kier alpha value is -3.59. The van der Waals surface area contributed by atoms with Crippen LogP contribution in [0.2, 0.25) is 0 Å². The Morgan fingerprint density at radius 1 is 1.03 bits per heavy atom. The van der Waals surface area contributed by atoms with Gasteiger partial charge in [0.1, 0.15) is 11.4 Å². The number of allylic oxidation sites excluding steroid dienone is 2. The highest BCUT2D eigenvalue weighted by atomic mass is 35.5. The average molecular weight is 556 g/mol. The van der Waals surface area contributed by atoms with Crippen molar-refractivity contribution in [1.29, 1.82) is 0 Å². The first kappa shape index (κ1) is 30.0. The summed E-state index contributed by atoms with van der Waals surface area (Å²) in [6, 6.07) is 9.35. The number of benzene rings is 1. The molecule has 9 nitrogen and oxygen atoms in total. The Labute approximate surface area is 234 Å². The molecule has 0 bridgehead atoms. The lowest BCUT2D eigenvalue weighted by molar-refractivity contribution is -0.120. The number of halogens is 1. The molecule has 0 atom stereocenters. The van der Waals surface area contributed by atoms with Crippen molar-refractivity contribution in [1.82, 2.24) is 9.78 Å². The quantitative estimate of drug-likeness (QED) is 0.400. The van der Waals surface area contributed by atoms with Crippen LogP contribution < -0.4 is 16.4 Å². The second-order valence-corrected chi connectivity index (χ2v) is 11.1. The minimum Gasteiger partial charge on any atom is -0.444 e. The van der Waals surface area contributed by atoms with Gasteiger partial charge in [-0.1, -0.05) is 55.1 Å². The molecule has 3 amide bonds. The number of carbonyl (C=O) groups is 3. The molecule has 1 fully saturated rings. The number of ether oxygens (including phenoxy) is 1. The maximum Gasteiger partial charge on any atom is 0.405 e. The highest BCUT2D eigenvalue weighted by Crippen LogP contribution is 2.28. The van der Waals surface area contributed by atoms with Crippen LogP contribution in [0.1, 0.15) is 65.7 Å². The molecule has 2 aliphatic rings. The molecule has 4 rings (SSSR count). The van der Waals surface area contributed by atoms with E-state index in [1.807, 2.05) is 49.5 Å². The first-order valence-electron chi connectivity index (χ1n) is 13.2. The number of anilines is 2. The number of amides is 3. The minimum atomic E-state index is -0.725. The minimum absolute atomic E-state index is 0.0806. The fourth-order valence-corrected chi connectivity index (χ4v) is 4.66. The number of nitrogens with zero attached hydrogens (tertiary/aromatic N) is 2. The number of carbonyl (C=O) groups excluding carboxylic acids is 3. The molecule has 0 radical (unpaired) electrons. The largest absolute Gasteiger partial charge is 0.444 e. The van der Waals surface area contributed by atoms with Crippen molar-refractivity contribution in [2.75, 3.05) is 10.6 Å². The van der Waals surface area contributed by atoms with E-state index in [2.05, 4.69) is 20.5 Å². The van der Waals surface area contributed by atoms with E-state index in [1.54, 1.807) is 25.5 Å². The van der Waals surface area contributed by atoms with Gasteiger partial charge in [-0.3, -0.25) is 14.3 Å². The molecule has 0 spiro atoms. The number of nitrogens with one attached hydrogen (secondary N) is 2. The monoisotopic (exact) mass is 555 g/mol. The number of rotatable bonds is 5. The van der Waals surface area contributed by atoms with E-state index < -0.39 is 11.7 Å². The third-order valence-electron chi connectivity index (χ3n) is 6.29. The van der Waals surface area contributed by atoms with Gasteiger partial charge >= 0.3 is 6.09 Å². The van der Waals surface area contributed by atoms with E-state index in [0.29, 0.717) is 22.1 Å². The summed E-state index contributed by atoms with van der Waals surface area (Å²) in [4.78, 5) is 35.0. The lowest BCUT2D eigenvalue weighted by Gasteiger charge is -2.20. The van der Waals surface area contributed by atoms with Crippen LogP contribution in [0.25, 0.3) is 11.3 Å². The summed E-state index contributed by atoms with van der Waals surface area (Å²) < 4.78 is 6.27. The van der Waals surface area contributed by atoms with Gasteiger partial charge in [0.25, 0.3) is 5.91 Å². The summed E-state index contributed by atoms with van der Waals surface area (Å²) in [5.41, 5.74) is 7.13. The molecular formula is C29H38ClN5O4. The Bertz CT molecular complexity index is 1240. The number of aryl methyl sites for hydroxylation is 1. The van der Waals surface area contributed by atoms with Gasteiger partial charge in [-0.25, -0.2) is 4.79 Å². The van der Waals surface area contributed by atoms with E-state index in [0.717, 1.165) is 49.8 Å². The summed E-state index contributed by atoms with van der Waals surface area (Å²) in [7, 11) is 1.82.